The van der Waals surface area contributed by atoms with Crippen molar-refractivity contribution in [3.63, 3.8) is 0 Å². The first-order valence-electron chi connectivity index (χ1n) is 15.9. The van der Waals surface area contributed by atoms with Crippen LogP contribution in [0.4, 0.5) is 4.79 Å². The van der Waals surface area contributed by atoms with Gasteiger partial charge in [0, 0.05) is 32.4 Å². The van der Waals surface area contributed by atoms with E-state index in [1.807, 2.05) is 48.5 Å². The number of aromatic nitrogens is 6. The van der Waals surface area contributed by atoms with E-state index >= 15 is 0 Å². The maximum Gasteiger partial charge on any atom is 0.511 e. The van der Waals surface area contributed by atoms with Crippen molar-refractivity contribution < 1.29 is 42.8 Å². The molecule has 0 bridgehead atoms. The number of hydrogen-bond acceptors (Lipinski definition) is 13. The Hall–Kier alpha value is -4.86. The Morgan fingerprint density at radius 2 is 1.69 bits per heavy atom. The number of imidazole rings is 1. The van der Waals surface area contributed by atoms with Gasteiger partial charge in [-0.05, 0) is 28.3 Å². The van der Waals surface area contributed by atoms with E-state index in [1.54, 1.807) is 4.57 Å². The lowest BCUT2D eigenvalue weighted by atomic mass is 9.98. The van der Waals surface area contributed by atoms with Gasteiger partial charge in [0.05, 0.1) is 13.2 Å². The molecule has 1 unspecified atom stereocenters. The fourth-order valence-corrected chi connectivity index (χ4v) is 6.17. The Labute approximate surface area is 286 Å². The number of tetrazole rings is 1. The highest BCUT2D eigenvalue weighted by Gasteiger charge is 2.51. The van der Waals surface area contributed by atoms with Gasteiger partial charge in [-0.15, -0.1) is 10.2 Å². The normalized spacial score (nSPS) is 20.4. The average Bonchev–Trinajstić information content (AvgIpc) is 3.87. The Kier molecular flexibility index (Phi) is 10.5. The van der Waals surface area contributed by atoms with E-state index in [0.717, 1.165) is 35.1 Å². The first kappa shape index (κ1) is 34.0. The minimum atomic E-state index is -1.33. The molecular weight excluding hydrogens is 660 g/mol. The molecule has 2 aromatic carbocycles. The Balaban J connectivity index is 1.12. The van der Waals surface area contributed by atoms with E-state index in [0.29, 0.717) is 18.1 Å². The smallest absolute Gasteiger partial charge is 0.457 e. The molecule has 0 radical (unpaired) electrons. The van der Waals surface area contributed by atoms with Gasteiger partial charge in [0.1, 0.15) is 18.0 Å². The van der Waals surface area contributed by atoms with Gasteiger partial charge in [-0.3, -0.25) is 4.79 Å². The topological polar surface area (TPSA) is 179 Å². The highest BCUT2D eigenvalue weighted by Crippen LogP contribution is 2.32. The van der Waals surface area contributed by atoms with Crippen molar-refractivity contribution >= 4 is 29.7 Å². The second-order valence-corrected chi connectivity index (χ2v) is 11.9. The molecule has 4 aromatic rings. The number of unbranched alkanes of at least 4 members (excludes halogenated alkanes) is 1. The maximum absolute atomic E-state index is 13.5. The van der Waals surface area contributed by atoms with Crippen LogP contribution in [-0.4, -0.2) is 92.2 Å². The second-order valence-electron chi connectivity index (χ2n) is 11.6. The number of H-pyrrole nitrogens is 1. The van der Waals surface area contributed by atoms with Crippen molar-refractivity contribution in [1.29, 1.82) is 0 Å². The molecule has 2 aromatic heterocycles. The van der Waals surface area contributed by atoms with Gasteiger partial charge in [-0.1, -0.05) is 73.5 Å². The van der Waals surface area contributed by atoms with Crippen molar-refractivity contribution in [3.05, 3.63) is 70.8 Å². The maximum atomic E-state index is 13.5. The van der Waals surface area contributed by atoms with E-state index in [-0.39, 0.29) is 30.6 Å². The number of esters is 2. The van der Waals surface area contributed by atoms with Gasteiger partial charge in [-0.25, -0.2) is 14.6 Å². The summed E-state index contributed by atoms with van der Waals surface area (Å²) >= 11 is 6.52. The minimum absolute atomic E-state index is 0.0219. The zero-order valence-electron chi connectivity index (χ0n) is 27.0. The molecule has 1 N–H and O–H groups in total. The van der Waals surface area contributed by atoms with E-state index in [2.05, 4.69) is 32.5 Å². The van der Waals surface area contributed by atoms with E-state index < -0.39 is 48.8 Å². The van der Waals surface area contributed by atoms with Gasteiger partial charge in [-0.2, -0.15) is 5.21 Å². The third-order valence-corrected chi connectivity index (χ3v) is 8.40. The van der Waals surface area contributed by atoms with Gasteiger partial charge in [0.15, 0.2) is 23.1 Å². The van der Waals surface area contributed by atoms with Crippen LogP contribution in [0.5, 0.6) is 0 Å². The van der Waals surface area contributed by atoms with Crippen molar-refractivity contribution in [3.8, 4) is 22.5 Å². The third-order valence-electron chi connectivity index (χ3n) is 8.13. The van der Waals surface area contributed by atoms with Crippen LogP contribution in [0.3, 0.4) is 0 Å². The minimum Gasteiger partial charge on any atom is -0.457 e. The largest absolute Gasteiger partial charge is 0.511 e. The first-order chi connectivity index (χ1) is 23.7. The summed E-state index contributed by atoms with van der Waals surface area (Å²) in [7, 11) is 0. The summed E-state index contributed by atoms with van der Waals surface area (Å²) in [5.41, 5.74) is 3.63. The fourth-order valence-electron chi connectivity index (χ4n) is 5.90. The van der Waals surface area contributed by atoms with Crippen molar-refractivity contribution in [2.45, 2.75) is 77.3 Å². The van der Waals surface area contributed by atoms with E-state index in [1.165, 1.54) is 13.8 Å². The SMILES string of the molecule is CCCCc1nc(Cl)c(C(=O)OC(C)OC(=O)O[C@H]2CO[C@H]3[C@@H]2OC[C@H]3OC(C)=O)n1Cc1ccc(-c2ccccc2-c2nn[nH]n2)cc1. The number of carbonyl (C=O) groups is 3. The molecule has 0 amide bonds. The van der Waals surface area contributed by atoms with Crippen molar-refractivity contribution in [1.82, 2.24) is 30.2 Å². The molecule has 2 aliphatic rings. The van der Waals surface area contributed by atoms with Crippen LogP contribution in [0.25, 0.3) is 22.5 Å². The third kappa shape index (κ3) is 7.74. The molecule has 2 aliphatic heterocycles. The summed E-state index contributed by atoms with van der Waals surface area (Å²) in [4.78, 5) is 41.9. The standard InChI is InChI=1S/C33H35ClN6O9/c1-4-5-10-26-35-30(34)27(32(42)47-19(3)48-33(43)49-25-17-45-28-24(46-18(2)41)16-44-29(25)28)40(26)15-20-11-13-21(14-12-20)22-8-6-7-9-23(22)31-36-38-39-37-31/h6-9,11-14,19,24-25,28-29H,4-5,10,15-17H2,1-3H3,(H,36,37,38,39)/t19?,24-,25+,28-,29-/m1/s1. The molecule has 4 heterocycles. The molecule has 2 saturated heterocycles. The molecule has 49 heavy (non-hydrogen) atoms. The number of nitrogens with one attached hydrogen (secondary N) is 1. The number of fused-ring (bicyclic) bond motifs is 1. The zero-order chi connectivity index (χ0) is 34.5. The number of ether oxygens (including phenoxy) is 6. The number of aromatic amines is 1. The number of aryl methyl sites for hydroxylation is 1. The highest BCUT2D eigenvalue weighted by atomic mass is 35.5. The lowest BCUT2D eigenvalue weighted by molar-refractivity contribution is -0.151. The number of carbonyl (C=O) groups excluding carboxylic acids is 3. The molecule has 0 aliphatic carbocycles. The van der Waals surface area contributed by atoms with Crippen LogP contribution < -0.4 is 0 Å². The highest BCUT2D eigenvalue weighted by molar-refractivity contribution is 6.32. The van der Waals surface area contributed by atoms with Crippen LogP contribution in [0, 0.1) is 0 Å². The summed E-state index contributed by atoms with van der Waals surface area (Å²) in [5, 5.41) is 14.4. The van der Waals surface area contributed by atoms with Crippen LogP contribution in [-0.2, 0) is 46.2 Å². The number of benzene rings is 2. The lowest BCUT2D eigenvalue weighted by Gasteiger charge is -2.19. The summed E-state index contributed by atoms with van der Waals surface area (Å²) in [5.74, 6) is -0.175. The molecule has 258 valence electrons. The Morgan fingerprint density at radius 1 is 1.00 bits per heavy atom. The quantitative estimate of drug-likeness (QED) is 0.124. The van der Waals surface area contributed by atoms with Crippen LogP contribution in [0.15, 0.2) is 48.5 Å². The molecule has 5 atom stereocenters. The van der Waals surface area contributed by atoms with E-state index in [4.69, 9.17) is 40.0 Å². The molecule has 6 rings (SSSR count). The van der Waals surface area contributed by atoms with Crippen molar-refractivity contribution in [2.75, 3.05) is 13.2 Å². The number of hydrogen-bond donors (Lipinski definition) is 1. The van der Waals surface area contributed by atoms with E-state index in [9.17, 15) is 14.4 Å². The zero-order valence-corrected chi connectivity index (χ0v) is 27.8. The number of nitrogens with zero attached hydrogens (tertiary/aromatic N) is 5. The predicted octanol–water partition coefficient (Wildman–Crippen LogP) is 4.53. The monoisotopic (exact) mass is 694 g/mol. The summed E-state index contributed by atoms with van der Waals surface area (Å²) < 4.78 is 34.3. The Bertz CT molecular complexity index is 1780. The molecule has 0 spiro atoms. The summed E-state index contributed by atoms with van der Waals surface area (Å²) in [6.07, 6.45) is -2.66. The molecule has 15 nitrogen and oxygen atoms in total. The van der Waals surface area contributed by atoms with Gasteiger partial charge >= 0.3 is 18.1 Å². The fraction of sp³-hybridized carbons (Fsp3) is 0.424. The van der Waals surface area contributed by atoms with Crippen LogP contribution in [0.2, 0.25) is 5.15 Å². The first-order valence-corrected chi connectivity index (χ1v) is 16.2. The predicted molar refractivity (Wildman–Crippen MR) is 171 cm³/mol. The number of halogens is 1. The van der Waals surface area contributed by atoms with Gasteiger partial charge in [0.25, 0.3) is 0 Å². The molecule has 2 fully saturated rings. The second kappa shape index (κ2) is 15.1. The van der Waals surface area contributed by atoms with Crippen LogP contribution in [0.1, 0.15) is 55.5 Å². The van der Waals surface area contributed by atoms with Gasteiger partial charge in [0.2, 0.25) is 12.1 Å². The average molecular weight is 695 g/mol. The number of rotatable bonds is 12. The lowest BCUT2D eigenvalue weighted by Crippen LogP contribution is -2.36. The Morgan fingerprint density at radius 3 is 2.35 bits per heavy atom. The van der Waals surface area contributed by atoms with Gasteiger partial charge < -0.3 is 33.0 Å². The summed E-state index contributed by atoms with van der Waals surface area (Å²) in [6.45, 7) is 5.16. The molecule has 0 saturated carbocycles. The molecule has 16 heteroatoms. The van der Waals surface area contributed by atoms with Crippen molar-refractivity contribution in [2.24, 2.45) is 0 Å². The molecular formula is C33H35ClN6O9. The van der Waals surface area contributed by atoms with Crippen LogP contribution >= 0.6 is 11.6 Å². The summed E-state index contributed by atoms with van der Waals surface area (Å²) in [6, 6.07) is 15.6.